The van der Waals surface area contributed by atoms with Crippen LogP contribution in [0.2, 0.25) is 10.0 Å². The first-order valence-corrected chi connectivity index (χ1v) is 7.18. The van der Waals surface area contributed by atoms with Gasteiger partial charge in [0, 0.05) is 17.2 Å². The van der Waals surface area contributed by atoms with Crippen LogP contribution in [-0.4, -0.2) is 20.3 Å². The molecule has 0 saturated heterocycles. The van der Waals surface area contributed by atoms with E-state index in [2.05, 4.69) is 6.07 Å². The molecule has 0 radical (unpaired) electrons. The molecule has 0 N–H and O–H groups in total. The molecule has 22 heavy (non-hydrogen) atoms. The predicted octanol–water partition coefficient (Wildman–Crippen LogP) is 4.33. The van der Waals surface area contributed by atoms with Crippen molar-refractivity contribution in [3.05, 3.63) is 52.0 Å². The van der Waals surface area contributed by atoms with E-state index in [9.17, 15) is 0 Å². The van der Waals surface area contributed by atoms with Gasteiger partial charge in [-0.1, -0.05) is 23.2 Å². The Morgan fingerprint density at radius 1 is 1.00 bits per heavy atom. The van der Waals surface area contributed by atoms with Crippen molar-refractivity contribution in [1.82, 2.24) is 0 Å². The zero-order chi connectivity index (χ0) is 15.9. The minimum Gasteiger partial charge on any atom is -0.497 e. The Kier molecular flexibility index (Phi) is 5.76. The Hall–Kier alpha value is -2.09. The molecule has 2 aromatic carbocycles. The summed E-state index contributed by atoms with van der Waals surface area (Å²) in [5.41, 5.74) is 0.432. The normalized spacial score (nSPS) is 9.91. The van der Waals surface area contributed by atoms with Gasteiger partial charge in [0.2, 0.25) is 0 Å². The Morgan fingerprint density at radius 2 is 1.73 bits per heavy atom. The molecule has 0 aliphatic rings. The zero-order valence-electron chi connectivity index (χ0n) is 11.8. The molecule has 0 unspecified atom stereocenters. The molecule has 0 aliphatic heterocycles. The second-order valence-electron chi connectivity index (χ2n) is 4.25. The molecule has 0 atom stereocenters. The summed E-state index contributed by atoms with van der Waals surface area (Å²) in [6.45, 7) is 0.521. The lowest BCUT2D eigenvalue weighted by Crippen LogP contribution is -2.10. The average Bonchev–Trinajstić information content (AvgIpc) is 2.54. The molecule has 4 nitrogen and oxygen atoms in total. The lowest BCUT2D eigenvalue weighted by Gasteiger charge is -2.11. The van der Waals surface area contributed by atoms with Crippen LogP contribution < -0.4 is 14.2 Å². The van der Waals surface area contributed by atoms with Crippen molar-refractivity contribution in [3.63, 3.8) is 0 Å². The van der Waals surface area contributed by atoms with Gasteiger partial charge in [-0.15, -0.1) is 0 Å². The largest absolute Gasteiger partial charge is 0.497 e. The summed E-state index contributed by atoms with van der Waals surface area (Å²) in [5.74, 6) is 1.55. The van der Waals surface area contributed by atoms with Crippen LogP contribution in [0.4, 0.5) is 0 Å². The van der Waals surface area contributed by atoms with E-state index in [1.54, 1.807) is 43.5 Å². The molecule has 0 amide bonds. The number of rotatable bonds is 6. The molecule has 0 fully saturated rings. The minimum atomic E-state index is 0.255. The number of nitriles is 1. The molecule has 114 valence electrons. The van der Waals surface area contributed by atoms with Gasteiger partial charge in [0.05, 0.1) is 17.7 Å². The second kappa shape index (κ2) is 7.79. The second-order valence-corrected chi connectivity index (χ2v) is 5.09. The highest BCUT2D eigenvalue weighted by atomic mass is 35.5. The van der Waals surface area contributed by atoms with E-state index in [0.717, 1.165) is 0 Å². The molecule has 2 aromatic rings. The van der Waals surface area contributed by atoms with Gasteiger partial charge in [0.1, 0.15) is 36.5 Å². The highest BCUT2D eigenvalue weighted by Crippen LogP contribution is 2.28. The molecule has 0 bridgehead atoms. The summed E-state index contributed by atoms with van der Waals surface area (Å²) in [5, 5.41) is 10.1. The van der Waals surface area contributed by atoms with Crippen LogP contribution in [0, 0.1) is 11.3 Å². The summed E-state index contributed by atoms with van der Waals surface area (Å²) in [4.78, 5) is 0. The van der Waals surface area contributed by atoms with E-state index < -0.39 is 0 Å². The molecule has 0 heterocycles. The van der Waals surface area contributed by atoms with Gasteiger partial charge in [0.15, 0.2) is 0 Å². The highest BCUT2D eigenvalue weighted by Gasteiger charge is 2.06. The SMILES string of the molecule is COc1ccc(C#N)c(OCCOc2cc(Cl)ccc2Cl)c1. The topological polar surface area (TPSA) is 51.5 Å². The van der Waals surface area contributed by atoms with Crippen molar-refractivity contribution in [2.45, 2.75) is 0 Å². The van der Waals surface area contributed by atoms with E-state index in [1.165, 1.54) is 0 Å². The van der Waals surface area contributed by atoms with Crippen molar-refractivity contribution in [1.29, 1.82) is 5.26 Å². The van der Waals surface area contributed by atoms with E-state index in [4.69, 9.17) is 42.7 Å². The Bertz CT molecular complexity index is 698. The number of hydrogen-bond acceptors (Lipinski definition) is 4. The fraction of sp³-hybridized carbons (Fsp3) is 0.188. The maximum absolute atomic E-state index is 9.05. The Morgan fingerprint density at radius 3 is 2.41 bits per heavy atom. The van der Waals surface area contributed by atoms with Gasteiger partial charge in [-0.25, -0.2) is 0 Å². The third-order valence-corrected chi connectivity index (χ3v) is 3.35. The van der Waals surface area contributed by atoms with Gasteiger partial charge in [-0.05, 0) is 24.3 Å². The lowest BCUT2D eigenvalue weighted by atomic mass is 10.2. The standard InChI is InChI=1S/C16H13Cl2NO3/c1-20-13-4-2-11(10-19)15(9-13)21-6-7-22-16-8-12(17)3-5-14(16)18/h2-5,8-9H,6-7H2,1H3. The first kappa shape index (κ1) is 16.3. The molecule has 6 heteroatoms. The number of benzene rings is 2. The summed E-state index contributed by atoms with van der Waals surface area (Å²) >= 11 is 11.9. The summed E-state index contributed by atoms with van der Waals surface area (Å²) < 4.78 is 16.2. The molecular weight excluding hydrogens is 325 g/mol. The van der Waals surface area contributed by atoms with Crippen molar-refractivity contribution in [2.24, 2.45) is 0 Å². The Balaban J connectivity index is 1.94. The maximum atomic E-state index is 9.05. The lowest BCUT2D eigenvalue weighted by molar-refractivity contribution is 0.216. The molecule has 2 rings (SSSR count). The maximum Gasteiger partial charge on any atom is 0.140 e. The van der Waals surface area contributed by atoms with Crippen LogP contribution in [-0.2, 0) is 0 Å². The summed E-state index contributed by atoms with van der Waals surface area (Å²) in [6, 6.07) is 12.0. The van der Waals surface area contributed by atoms with E-state index in [1.807, 2.05) is 0 Å². The van der Waals surface area contributed by atoms with Gasteiger partial charge in [-0.2, -0.15) is 5.26 Å². The highest BCUT2D eigenvalue weighted by molar-refractivity contribution is 6.34. The van der Waals surface area contributed by atoms with E-state index in [0.29, 0.717) is 32.9 Å². The van der Waals surface area contributed by atoms with Crippen LogP contribution in [0.1, 0.15) is 5.56 Å². The van der Waals surface area contributed by atoms with Crippen LogP contribution in [0.5, 0.6) is 17.2 Å². The third kappa shape index (κ3) is 4.20. The quantitative estimate of drug-likeness (QED) is 0.736. The predicted molar refractivity (Wildman–Crippen MR) is 85.2 cm³/mol. The summed E-state index contributed by atoms with van der Waals surface area (Å²) in [6.07, 6.45) is 0. The zero-order valence-corrected chi connectivity index (χ0v) is 13.3. The van der Waals surface area contributed by atoms with Crippen molar-refractivity contribution >= 4 is 23.2 Å². The molecule has 0 aromatic heterocycles. The molecule has 0 spiro atoms. The Labute approximate surface area is 138 Å². The van der Waals surface area contributed by atoms with Gasteiger partial charge in [0.25, 0.3) is 0 Å². The van der Waals surface area contributed by atoms with Crippen molar-refractivity contribution < 1.29 is 14.2 Å². The fourth-order valence-corrected chi connectivity index (χ4v) is 2.07. The van der Waals surface area contributed by atoms with Crippen LogP contribution >= 0.6 is 23.2 Å². The van der Waals surface area contributed by atoms with Crippen molar-refractivity contribution in [3.8, 4) is 23.3 Å². The molecule has 0 aliphatic carbocycles. The number of hydrogen-bond donors (Lipinski definition) is 0. The van der Waals surface area contributed by atoms with Crippen LogP contribution in [0.3, 0.4) is 0 Å². The average molecular weight is 338 g/mol. The van der Waals surface area contributed by atoms with Crippen LogP contribution in [0.25, 0.3) is 0 Å². The first-order chi connectivity index (χ1) is 10.6. The monoisotopic (exact) mass is 337 g/mol. The smallest absolute Gasteiger partial charge is 0.140 e. The van der Waals surface area contributed by atoms with E-state index >= 15 is 0 Å². The number of ether oxygens (including phenoxy) is 3. The van der Waals surface area contributed by atoms with Gasteiger partial charge in [-0.3, -0.25) is 0 Å². The number of nitrogens with zero attached hydrogens (tertiary/aromatic N) is 1. The summed E-state index contributed by atoms with van der Waals surface area (Å²) in [7, 11) is 1.55. The number of methoxy groups -OCH3 is 1. The third-order valence-electron chi connectivity index (χ3n) is 2.80. The first-order valence-electron chi connectivity index (χ1n) is 6.43. The van der Waals surface area contributed by atoms with Crippen molar-refractivity contribution in [2.75, 3.05) is 20.3 Å². The fourth-order valence-electron chi connectivity index (χ4n) is 1.73. The molecule has 0 saturated carbocycles. The minimum absolute atomic E-state index is 0.255. The van der Waals surface area contributed by atoms with Crippen LogP contribution in [0.15, 0.2) is 36.4 Å². The number of halogens is 2. The van der Waals surface area contributed by atoms with Gasteiger partial charge < -0.3 is 14.2 Å². The van der Waals surface area contributed by atoms with Gasteiger partial charge >= 0.3 is 0 Å². The van der Waals surface area contributed by atoms with E-state index in [-0.39, 0.29) is 13.2 Å². The molecular formula is C16H13Cl2NO3.